The molecular weight excluding hydrogens is 304 g/mol. The van der Waals surface area contributed by atoms with E-state index in [9.17, 15) is 4.79 Å². The molecular formula is C16H13ClN2OS. The van der Waals surface area contributed by atoms with Gasteiger partial charge in [0.1, 0.15) is 5.65 Å². The number of pyridine rings is 1. The second kappa shape index (κ2) is 5.92. The normalized spacial score (nSPS) is 11.0. The van der Waals surface area contributed by atoms with E-state index in [0.717, 1.165) is 21.3 Å². The monoisotopic (exact) mass is 316 g/mol. The van der Waals surface area contributed by atoms with Crippen molar-refractivity contribution < 1.29 is 0 Å². The number of hydrogen-bond donors (Lipinski definition) is 0. The van der Waals surface area contributed by atoms with Crippen LogP contribution in [0.1, 0.15) is 11.4 Å². The van der Waals surface area contributed by atoms with Crippen molar-refractivity contribution in [1.29, 1.82) is 0 Å². The standard InChI is InChI=1S/C16H13ClN2OS/c1-11-5-4-8-15-18-12(9-16(20)19(11)15)10-21-14-7-3-2-6-13(14)17/h2-9H,10H2,1H3. The Morgan fingerprint density at radius 1 is 1.19 bits per heavy atom. The van der Waals surface area contributed by atoms with Gasteiger partial charge in [-0.2, -0.15) is 0 Å². The van der Waals surface area contributed by atoms with E-state index >= 15 is 0 Å². The Morgan fingerprint density at radius 3 is 2.81 bits per heavy atom. The van der Waals surface area contributed by atoms with Crippen LogP contribution in [0.3, 0.4) is 0 Å². The molecule has 0 spiro atoms. The number of rotatable bonds is 3. The fourth-order valence-electron chi connectivity index (χ4n) is 2.15. The molecule has 0 amide bonds. The first-order valence-corrected chi connectivity index (χ1v) is 7.87. The zero-order valence-electron chi connectivity index (χ0n) is 11.4. The Hall–Kier alpha value is -1.78. The zero-order chi connectivity index (χ0) is 14.8. The highest BCUT2D eigenvalue weighted by Crippen LogP contribution is 2.28. The maximum absolute atomic E-state index is 12.2. The largest absolute Gasteiger partial charge is 0.269 e. The topological polar surface area (TPSA) is 34.4 Å². The third-order valence-corrected chi connectivity index (χ3v) is 4.69. The number of hydrogen-bond acceptors (Lipinski definition) is 3. The second-order valence-electron chi connectivity index (χ2n) is 4.67. The van der Waals surface area contributed by atoms with Gasteiger partial charge in [0.25, 0.3) is 5.56 Å². The summed E-state index contributed by atoms with van der Waals surface area (Å²) < 4.78 is 1.61. The molecule has 0 saturated heterocycles. The molecule has 0 aliphatic rings. The SMILES string of the molecule is Cc1cccc2nc(CSc3ccccc3Cl)cc(=O)n12. The lowest BCUT2D eigenvalue weighted by atomic mass is 10.3. The molecule has 2 heterocycles. The summed E-state index contributed by atoms with van der Waals surface area (Å²) in [7, 11) is 0. The van der Waals surface area contributed by atoms with Crippen LogP contribution >= 0.6 is 23.4 Å². The molecule has 0 atom stereocenters. The lowest BCUT2D eigenvalue weighted by Gasteiger charge is -2.07. The highest BCUT2D eigenvalue weighted by molar-refractivity contribution is 7.98. The molecule has 3 rings (SSSR count). The summed E-state index contributed by atoms with van der Waals surface area (Å²) in [6.45, 7) is 1.90. The van der Waals surface area contributed by atoms with Crippen LogP contribution in [-0.4, -0.2) is 9.38 Å². The van der Waals surface area contributed by atoms with Crippen LogP contribution in [0.25, 0.3) is 5.65 Å². The Kier molecular flexibility index (Phi) is 3.99. The number of benzene rings is 1. The van der Waals surface area contributed by atoms with Gasteiger partial charge in [-0.1, -0.05) is 29.8 Å². The number of fused-ring (bicyclic) bond motifs is 1. The summed E-state index contributed by atoms with van der Waals surface area (Å²) in [4.78, 5) is 17.7. The minimum Gasteiger partial charge on any atom is -0.269 e. The Labute approximate surface area is 131 Å². The number of aromatic nitrogens is 2. The molecule has 106 valence electrons. The Bertz CT molecular complexity index is 860. The van der Waals surface area contributed by atoms with Gasteiger partial charge in [0.15, 0.2) is 0 Å². The first-order chi connectivity index (χ1) is 10.1. The molecule has 0 bridgehead atoms. The second-order valence-corrected chi connectivity index (χ2v) is 6.09. The maximum atomic E-state index is 12.2. The highest BCUT2D eigenvalue weighted by atomic mass is 35.5. The van der Waals surface area contributed by atoms with E-state index in [-0.39, 0.29) is 5.56 Å². The molecule has 0 fully saturated rings. The van der Waals surface area contributed by atoms with Crippen LogP contribution < -0.4 is 5.56 Å². The van der Waals surface area contributed by atoms with Crippen molar-refractivity contribution in [2.45, 2.75) is 17.6 Å². The van der Waals surface area contributed by atoms with Crippen LogP contribution in [-0.2, 0) is 5.75 Å². The summed E-state index contributed by atoms with van der Waals surface area (Å²) in [5.41, 5.74) is 2.27. The number of halogens is 1. The molecule has 2 aromatic heterocycles. The summed E-state index contributed by atoms with van der Waals surface area (Å²) in [6, 6.07) is 14.9. The fraction of sp³-hybridized carbons (Fsp3) is 0.125. The van der Waals surface area contributed by atoms with Gasteiger partial charge < -0.3 is 0 Å². The Morgan fingerprint density at radius 2 is 2.00 bits per heavy atom. The molecule has 0 aliphatic carbocycles. The third-order valence-electron chi connectivity index (χ3n) is 3.15. The summed E-state index contributed by atoms with van der Waals surface area (Å²) >= 11 is 7.71. The van der Waals surface area contributed by atoms with Gasteiger partial charge in [-0.3, -0.25) is 9.20 Å². The first kappa shape index (κ1) is 14.2. The molecule has 0 radical (unpaired) electrons. The molecule has 0 unspecified atom stereocenters. The van der Waals surface area contributed by atoms with Gasteiger partial charge in [-0.05, 0) is 31.2 Å². The van der Waals surface area contributed by atoms with Gasteiger partial charge in [0.2, 0.25) is 0 Å². The minimum atomic E-state index is -0.0483. The summed E-state index contributed by atoms with van der Waals surface area (Å²) in [5, 5.41) is 0.718. The predicted octanol–water partition coefficient (Wildman–Crippen LogP) is 3.95. The number of aryl methyl sites for hydroxylation is 1. The van der Waals surface area contributed by atoms with Crippen molar-refractivity contribution in [3.8, 4) is 0 Å². The average molecular weight is 317 g/mol. The van der Waals surface area contributed by atoms with Crippen LogP contribution in [0.5, 0.6) is 0 Å². The molecule has 3 nitrogen and oxygen atoms in total. The van der Waals surface area contributed by atoms with Crippen molar-refractivity contribution in [3.05, 3.63) is 75.3 Å². The quantitative estimate of drug-likeness (QED) is 0.686. The van der Waals surface area contributed by atoms with Gasteiger partial charge in [-0.15, -0.1) is 11.8 Å². The zero-order valence-corrected chi connectivity index (χ0v) is 13.0. The van der Waals surface area contributed by atoms with Crippen molar-refractivity contribution in [2.75, 3.05) is 0 Å². The molecule has 1 aromatic carbocycles. The van der Waals surface area contributed by atoms with E-state index in [1.807, 2.05) is 49.4 Å². The van der Waals surface area contributed by atoms with E-state index in [1.54, 1.807) is 22.2 Å². The lowest BCUT2D eigenvalue weighted by Crippen LogP contribution is -2.17. The number of thioether (sulfide) groups is 1. The van der Waals surface area contributed by atoms with Crippen molar-refractivity contribution in [3.63, 3.8) is 0 Å². The van der Waals surface area contributed by atoms with Crippen LogP contribution in [0, 0.1) is 6.92 Å². The third kappa shape index (κ3) is 2.96. The highest BCUT2D eigenvalue weighted by Gasteiger charge is 2.06. The van der Waals surface area contributed by atoms with Gasteiger partial charge in [0.05, 0.1) is 10.7 Å². The molecule has 21 heavy (non-hydrogen) atoms. The summed E-state index contributed by atoms with van der Waals surface area (Å²) in [5.74, 6) is 0.614. The van der Waals surface area contributed by atoms with Crippen LogP contribution in [0.2, 0.25) is 5.02 Å². The number of nitrogens with zero attached hydrogens (tertiary/aromatic N) is 2. The van der Waals surface area contributed by atoms with E-state index in [2.05, 4.69) is 4.98 Å². The predicted molar refractivity (Wildman–Crippen MR) is 87.2 cm³/mol. The molecule has 5 heteroatoms. The first-order valence-electron chi connectivity index (χ1n) is 6.51. The molecule has 0 saturated carbocycles. The van der Waals surface area contributed by atoms with Crippen molar-refractivity contribution in [1.82, 2.24) is 9.38 Å². The van der Waals surface area contributed by atoms with Gasteiger partial charge >= 0.3 is 0 Å². The van der Waals surface area contributed by atoms with Crippen LogP contribution in [0.15, 0.2) is 58.2 Å². The fourth-order valence-corrected chi connectivity index (χ4v) is 3.28. The van der Waals surface area contributed by atoms with Crippen molar-refractivity contribution in [2.24, 2.45) is 0 Å². The van der Waals surface area contributed by atoms with E-state index in [4.69, 9.17) is 11.6 Å². The summed E-state index contributed by atoms with van der Waals surface area (Å²) in [6.07, 6.45) is 0. The lowest BCUT2D eigenvalue weighted by molar-refractivity contribution is 0.968. The van der Waals surface area contributed by atoms with E-state index < -0.39 is 0 Å². The van der Waals surface area contributed by atoms with Crippen molar-refractivity contribution >= 4 is 29.0 Å². The smallest absolute Gasteiger partial charge is 0.258 e. The van der Waals surface area contributed by atoms with Gasteiger partial charge in [-0.25, -0.2) is 4.98 Å². The minimum absolute atomic E-state index is 0.0483. The van der Waals surface area contributed by atoms with E-state index in [0.29, 0.717) is 11.4 Å². The molecule has 3 aromatic rings. The van der Waals surface area contributed by atoms with Gasteiger partial charge in [0, 0.05) is 22.4 Å². The maximum Gasteiger partial charge on any atom is 0.258 e. The average Bonchev–Trinajstić information content (AvgIpc) is 2.46. The molecule has 0 aliphatic heterocycles. The molecule has 0 N–H and O–H groups in total. The Balaban J connectivity index is 1.92. The van der Waals surface area contributed by atoms with E-state index in [1.165, 1.54) is 0 Å². The van der Waals surface area contributed by atoms with Crippen LogP contribution in [0.4, 0.5) is 0 Å².